The number of aryl methyl sites for hydroxylation is 1. The number of benzene rings is 3. The summed E-state index contributed by atoms with van der Waals surface area (Å²) in [5.41, 5.74) is 1.62. The molecule has 3 aromatic carbocycles. The Kier molecular flexibility index (Phi) is 5.79. The standard InChI is InChI=1S/C22H17F2NO3/c1-14-2-9-18(12-20(14)24)25-21(26)13-28-19-10-5-16(6-11-19)22(27)15-3-7-17(23)8-4-15/h2-12H,13H2,1H3,(H,25,26). The Morgan fingerprint density at radius 3 is 2.11 bits per heavy atom. The first-order valence-corrected chi connectivity index (χ1v) is 8.51. The predicted octanol–water partition coefficient (Wildman–Crippen LogP) is 4.52. The van der Waals surface area contributed by atoms with Gasteiger partial charge in [-0.3, -0.25) is 9.59 Å². The van der Waals surface area contributed by atoms with Gasteiger partial charge in [0.25, 0.3) is 5.91 Å². The van der Waals surface area contributed by atoms with Crippen LogP contribution in [0.25, 0.3) is 0 Å². The monoisotopic (exact) mass is 381 g/mol. The second-order valence-electron chi connectivity index (χ2n) is 6.16. The number of ketones is 1. The SMILES string of the molecule is Cc1ccc(NC(=O)COc2ccc(C(=O)c3ccc(F)cc3)cc2)cc1F. The van der Waals surface area contributed by atoms with Gasteiger partial charge in [-0.15, -0.1) is 0 Å². The highest BCUT2D eigenvalue weighted by molar-refractivity contribution is 6.09. The van der Waals surface area contributed by atoms with E-state index in [0.29, 0.717) is 28.1 Å². The van der Waals surface area contributed by atoms with Gasteiger partial charge in [-0.25, -0.2) is 8.78 Å². The largest absolute Gasteiger partial charge is 0.484 e. The van der Waals surface area contributed by atoms with Crippen LogP contribution in [0, 0.1) is 18.6 Å². The zero-order chi connectivity index (χ0) is 20.1. The molecular weight excluding hydrogens is 364 g/mol. The molecule has 4 nitrogen and oxygen atoms in total. The Labute approximate surface area is 160 Å². The summed E-state index contributed by atoms with van der Waals surface area (Å²) in [4.78, 5) is 24.3. The minimum Gasteiger partial charge on any atom is -0.484 e. The fraction of sp³-hybridized carbons (Fsp3) is 0.0909. The van der Waals surface area contributed by atoms with E-state index in [2.05, 4.69) is 5.32 Å². The topological polar surface area (TPSA) is 55.4 Å². The molecule has 0 spiro atoms. The van der Waals surface area contributed by atoms with Gasteiger partial charge < -0.3 is 10.1 Å². The molecule has 0 fully saturated rings. The summed E-state index contributed by atoms with van der Waals surface area (Å²) in [6.45, 7) is 1.37. The molecule has 28 heavy (non-hydrogen) atoms. The number of hydrogen-bond donors (Lipinski definition) is 1. The average molecular weight is 381 g/mol. The van der Waals surface area contributed by atoms with Crippen LogP contribution in [0.5, 0.6) is 5.75 Å². The quantitative estimate of drug-likeness (QED) is 0.639. The van der Waals surface area contributed by atoms with Crippen molar-refractivity contribution < 1.29 is 23.1 Å². The van der Waals surface area contributed by atoms with Crippen LogP contribution in [-0.2, 0) is 4.79 Å². The Morgan fingerprint density at radius 1 is 0.893 bits per heavy atom. The minimum absolute atomic E-state index is 0.245. The number of halogens is 2. The van der Waals surface area contributed by atoms with E-state index in [1.54, 1.807) is 43.3 Å². The van der Waals surface area contributed by atoms with Crippen LogP contribution in [-0.4, -0.2) is 18.3 Å². The molecule has 1 amide bonds. The zero-order valence-electron chi connectivity index (χ0n) is 15.0. The summed E-state index contributed by atoms with van der Waals surface area (Å²) >= 11 is 0. The van der Waals surface area contributed by atoms with Crippen molar-refractivity contribution in [2.24, 2.45) is 0 Å². The third kappa shape index (κ3) is 4.79. The summed E-state index contributed by atoms with van der Waals surface area (Å²) in [7, 11) is 0. The van der Waals surface area contributed by atoms with Gasteiger partial charge in [0, 0.05) is 16.8 Å². The van der Waals surface area contributed by atoms with Crippen LogP contribution in [0.2, 0.25) is 0 Å². The molecule has 0 aliphatic rings. The van der Waals surface area contributed by atoms with Crippen molar-refractivity contribution >= 4 is 17.4 Å². The van der Waals surface area contributed by atoms with Gasteiger partial charge in [-0.05, 0) is 73.2 Å². The van der Waals surface area contributed by atoms with Crippen molar-refractivity contribution in [3.8, 4) is 5.75 Å². The number of anilines is 1. The molecule has 0 heterocycles. The average Bonchev–Trinajstić information content (AvgIpc) is 2.70. The van der Waals surface area contributed by atoms with Gasteiger partial charge >= 0.3 is 0 Å². The van der Waals surface area contributed by atoms with Gasteiger partial charge in [0.15, 0.2) is 12.4 Å². The lowest BCUT2D eigenvalue weighted by atomic mass is 10.0. The maximum atomic E-state index is 13.5. The van der Waals surface area contributed by atoms with E-state index in [9.17, 15) is 18.4 Å². The number of ether oxygens (including phenoxy) is 1. The lowest BCUT2D eigenvalue weighted by Crippen LogP contribution is -2.20. The molecule has 1 N–H and O–H groups in total. The molecule has 0 atom stereocenters. The molecule has 0 aliphatic heterocycles. The van der Waals surface area contributed by atoms with E-state index in [1.807, 2.05) is 0 Å². The van der Waals surface area contributed by atoms with Gasteiger partial charge in [0.1, 0.15) is 17.4 Å². The number of carbonyl (C=O) groups is 2. The van der Waals surface area contributed by atoms with Crippen LogP contribution in [0.4, 0.5) is 14.5 Å². The molecule has 0 aromatic heterocycles. The fourth-order valence-corrected chi connectivity index (χ4v) is 2.49. The number of hydrogen-bond acceptors (Lipinski definition) is 3. The molecule has 0 unspecified atom stereocenters. The van der Waals surface area contributed by atoms with Gasteiger partial charge in [0.05, 0.1) is 0 Å². The van der Waals surface area contributed by atoms with Crippen molar-refractivity contribution in [3.05, 3.63) is 95.1 Å². The van der Waals surface area contributed by atoms with Crippen LogP contribution in [0.1, 0.15) is 21.5 Å². The number of carbonyl (C=O) groups excluding carboxylic acids is 2. The van der Waals surface area contributed by atoms with Crippen molar-refractivity contribution in [3.63, 3.8) is 0 Å². The van der Waals surface area contributed by atoms with E-state index in [0.717, 1.165) is 0 Å². The molecule has 3 aromatic rings. The molecule has 0 saturated heterocycles. The molecule has 3 rings (SSSR count). The highest BCUT2D eigenvalue weighted by atomic mass is 19.1. The highest BCUT2D eigenvalue weighted by Gasteiger charge is 2.10. The van der Waals surface area contributed by atoms with Crippen molar-refractivity contribution in [1.29, 1.82) is 0 Å². The zero-order valence-corrected chi connectivity index (χ0v) is 15.0. The first-order chi connectivity index (χ1) is 13.4. The summed E-state index contributed by atoms with van der Waals surface area (Å²) in [5, 5.41) is 2.55. The van der Waals surface area contributed by atoms with Crippen LogP contribution >= 0.6 is 0 Å². The Balaban J connectivity index is 1.56. The van der Waals surface area contributed by atoms with E-state index in [4.69, 9.17) is 4.74 Å². The molecule has 0 saturated carbocycles. The van der Waals surface area contributed by atoms with E-state index in [-0.39, 0.29) is 12.4 Å². The van der Waals surface area contributed by atoms with Gasteiger partial charge in [0.2, 0.25) is 0 Å². The second-order valence-corrected chi connectivity index (χ2v) is 6.16. The molecule has 0 aliphatic carbocycles. The summed E-state index contributed by atoms with van der Waals surface area (Å²) < 4.78 is 31.8. The first-order valence-electron chi connectivity index (χ1n) is 8.51. The van der Waals surface area contributed by atoms with Crippen LogP contribution < -0.4 is 10.1 Å². The van der Waals surface area contributed by atoms with Gasteiger partial charge in [-0.2, -0.15) is 0 Å². The maximum Gasteiger partial charge on any atom is 0.262 e. The lowest BCUT2D eigenvalue weighted by Gasteiger charge is -2.09. The summed E-state index contributed by atoms with van der Waals surface area (Å²) in [6, 6.07) is 16.0. The molecule has 142 valence electrons. The lowest BCUT2D eigenvalue weighted by molar-refractivity contribution is -0.118. The first kappa shape index (κ1) is 19.2. The summed E-state index contributed by atoms with van der Waals surface area (Å²) in [6.07, 6.45) is 0. The maximum absolute atomic E-state index is 13.5. The van der Waals surface area contributed by atoms with Crippen LogP contribution in [0.3, 0.4) is 0 Å². The van der Waals surface area contributed by atoms with Gasteiger partial charge in [-0.1, -0.05) is 6.07 Å². The number of amides is 1. The third-order valence-corrected chi connectivity index (χ3v) is 4.05. The van der Waals surface area contributed by atoms with E-state index >= 15 is 0 Å². The van der Waals surface area contributed by atoms with E-state index < -0.39 is 17.5 Å². The predicted molar refractivity (Wildman–Crippen MR) is 102 cm³/mol. The molecule has 0 radical (unpaired) electrons. The van der Waals surface area contributed by atoms with Crippen molar-refractivity contribution in [1.82, 2.24) is 0 Å². The normalized spacial score (nSPS) is 10.4. The minimum atomic E-state index is -0.435. The molecular formula is C22H17F2NO3. The molecule has 0 bridgehead atoms. The smallest absolute Gasteiger partial charge is 0.262 e. The van der Waals surface area contributed by atoms with E-state index in [1.165, 1.54) is 30.3 Å². The second kappa shape index (κ2) is 8.43. The van der Waals surface area contributed by atoms with Crippen molar-refractivity contribution in [2.45, 2.75) is 6.92 Å². The van der Waals surface area contributed by atoms with Crippen LogP contribution in [0.15, 0.2) is 66.7 Å². The Morgan fingerprint density at radius 2 is 1.50 bits per heavy atom. The number of rotatable bonds is 6. The summed E-state index contributed by atoms with van der Waals surface area (Å²) in [5.74, 6) is -1.09. The van der Waals surface area contributed by atoms with Crippen molar-refractivity contribution in [2.75, 3.05) is 11.9 Å². The highest BCUT2D eigenvalue weighted by Crippen LogP contribution is 2.17. The fourth-order valence-electron chi connectivity index (χ4n) is 2.49. The third-order valence-electron chi connectivity index (χ3n) is 4.05. The Hall–Kier alpha value is -3.54. The number of nitrogens with one attached hydrogen (secondary N) is 1. The molecule has 6 heteroatoms. The Bertz CT molecular complexity index is 999.